The minimum atomic E-state index is 0.00849. The van der Waals surface area contributed by atoms with Gasteiger partial charge in [-0.15, -0.1) is 0 Å². The van der Waals surface area contributed by atoms with Gasteiger partial charge in [0.2, 0.25) is 0 Å². The van der Waals surface area contributed by atoms with Crippen LogP contribution in [-0.4, -0.2) is 69.3 Å². The molecule has 1 heterocycles. The highest BCUT2D eigenvalue weighted by atomic mass is 35.5. The van der Waals surface area contributed by atoms with E-state index in [1.54, 1.807) is 32.4 Å². The van der Waals surface area contributed by atoms with Gasteiger partial charge in [0.15, 0.2) is 0 Å². The van der Waals surface area contributed by atoms with Gasteiger partial charge in [-0.05, 0) is 57.6 Å². The number of halogens is 1. The molecule has 0 radical (unpaired) electrons. The number of piperidine rings is 1. The van der Waals surface area contributed by atoms with Crippen molar-refractivity contribution in [1.82, 2.24) is 9.80 Å². The zero-order valence-electron chi connectivity index (χ0n) is 14.8. The molecule has 134 valence electrons. The first-order valence-electron chi connectivity index (χ1n) is 8.38. The van der Waals surface area contributed by atoms with Crippen LogP contribution in [-0.2, 0) is 4.74 Å². The Morgan fingerprint density at radius 3 is 2.67 bits per heavy atom. The number of carbonyl (C=O) groups is 1. The van der Waals surface area contributed by atoms with E-state index in [4.69, 9.17) is 21.1 Å². The van der Waals surface area contributed by atoms with Gasteiger partial charge in [-0.1, -0.05) is 11.6 Å². The first-order chi connectivity index (χ1) is 11.6. The Labute approximate surface area is 149 Å². The second kappa shape index (κ2) is 9.25. The molecule has 0 N–H and O–H groups in total. The lowest BCUT2D eigenvalue weighted by Crippen LogP contribution is -2.47. The summed E-state index contributed by atoms with van der Waals surface area (Å²) in [6.07, 6.45) is 2.81. The fourth-order valence-corrected chi connectivity index (χ4v) is 3.29. The molecule has 0 saturated carbocycles. The van der Waals surface area contributed by atoms with E-state index in [1.807, 2.05) is 4.90 Å². The molecule has 0 bridgehead atoms. The average molecular weight is 355 g/mol. The van der Waals surface area contributed by atoms with Crippen molar-refractivity contribution in [2.75, 3.05) is 47.5 Å². The lowest BCUT2D eigenvalue weighted by atomic mass is 10.0. The Bertz CT molecular complexity index is 545. The highest BCUT2D eigenvalue weighted by Crippen LogP contribution is 2.27. The number of nitrogens with zero attached hydrogens (tertiary/aromatic N) is 2. The van der Waals surface area contributed by atoms with Crippen molar-refractivity contribution >= 4 is 17.5 Å². The first kappa shape index (κ1) is 19.0. The van der Waals surface area contributed by atoms with Gasteiger partial charge in [0.05, 0.1) is 12.7 Å². The van der Waals surface area contributed by atoms with Crippen LogP contribution in [0.25, 0.3) is 0 Å². The Kier molecular flexibility index (Phi) is 7.34. The fraction of sp³-hybridized carbons (Fsp3) is 0.611. The predicted molar refractivity (Wildman–Crippen MR) is 96.1 cm³/mol. The molecule has 1 aromatic carbocycles. The second-order valence-corrected chi connectivity index (χ2v) is 6.66. The Morgan fingerprint density at radius 2 is 2.04 bits per heavy atom. The van der Waals surface area contributed by atoms with Crippen molar-refractivity contribution in [2.24, 2.45) is 0 Å². The van der Waals surface area contributed by atoms with Gasteiger partial charge in [-0.2, -0.15) is 0 Å². The summed E-state index contributed by atoms with van der Waals surface area (Å²) in [6.45, 7) is 3.36. The second-order valence-electron chi connectivity index (χ2n) is 6.22. The van der Waals surface area contributed by atoms with Gasteiger partial charge in [-0.3, -0.25) is 4.79 Å². The van der Waals surface area contributed by atoms with E-state index < -0.39 is 0 Å². The van der Waals surface area contributed by atoms with Crippen molar-refractivity contribution in [2.45, 2.75) is 25.3 Å². The molecular weight excluding hydrogens is 328 g/mol. The van der Waals surface area contributed by atoms with Crippen molar-refractivity contribution in [3.05, 3.63) is 28.8 Å². The molecule has 1 fully saturated rings. The molecule has 5 nitrogen and oxygen atoms in total. The topological polar surface area (TPSA) is 42.0 Å². The van der Waals surface area contributed by atoms with Crippen LogP contribution in [0.5, 0.6) is 5.75 Å². The molecule has 0 aromatic heterocycles. The summed E-state index contributed by atoms with van der Waals surface area (Å²) in [5.74, 6) is 0.534. The third kappa shape index (κ3) is 4.85. The molecule has 24 heavy (non-hydrogen) atoms. The molecule has 0 aliphatic carbocycles. The van der Waals surface area contributed by atoms with E-state index >= 15 is 0 Å². The lowest BCUT2D eigenvalue weighted by molar-refractivity contribution is 0.0561. The minimum absolute atomic E-state index is 0.00849. The van der Waals surface area contributed by atoms with Crippen LogP contribution in [0.3, 0.4) is 0 Å². The van der Waals surface area contributed by atoms with E-state index in [-0.39, 0.29) is 11.9 Å². The average Bonchev–Trinajstić information content (AvgIpc) is 2.59. The van der Waals surface area contributed by atoms with Crippen LogP contribution in [0.2, 0.25) is 5.02 Å². The Balaban J connectivity index is 2.20. The first-order valence-corrected chi connectivity index (χ1v) is 8.76. The lowest BCUT2D eigenvalue weighted by Gasteiger charge is -2.37. The number of rotatable bonds is 7. The normalized spacial score (nSPS) is 16.2. The van der Waals surface area contributed by atoms with Crippen molar-refractivity contribution in [3.63, 3.8) is 0 Å². The summed E-state index contributed by atoms with van der Waals surface area (Å²) < 4.78 is 10.5. The molecule has 1 aliphatic rings. The summed E-state index contributed by atoms with van der Waals surface area (Å²) >= 11 is 6.02. The van der Waals surface area contributed by atoms with Crippen LogP contribution < -0.4 is 4.74 Å². The third-order valence-corrected chi connectivity index (χ3v) is 4.77. The number of hydrogen-bond acceptors (Lipinski definition) is 4. The van der Waals surface area contributed by atoms with Gasteiger partial charge in [0, 0.05) is 31.3 Å². The fourth-order valence-electron chi connectivity index (χ4n) is 3.13. The molecule has 1 aromatic rings. The maximum absolute atomic E-state index is 13.2. The molecule has 2 rings (SSSR count). The van der Waals surface area contributed by atoms with Crippen LogP contribution in [0.1, 0.15) is 29.6 Å². The van der Waals surface area contributed by atoms with Crippen LogP contribution in [0.15, 0.2) is 18.2 Å². The van der Waals surface area contributed by atoms with E-state index in [9.17, 15) is 4.79 Å². The summed E-state index contributed by atoms with van der Waals surface area (Å²) in [4.78, 5) is 17.4. The zero-order valence-corrected chi connectivity index (χ0v) is 15.5. The van der Waals surface area contributed by atoms with Gasteiger partial charge in [0.1, 0.15) is 5.75 Å². The molecule has 0 spiro atoms. The van der Waals surface area contributed by atoms with E-state index in [0.717, 1.165) is 32.4 Å². The van der Waals surface area contributed by atoms with Gasteiger partial charge < -0.3 is 19.3 Å². The van der Waals surface area contributed by atoms with Crippen LogP contribution >= 0.6 is 11.6 Å². The van der Waals surface area contributed by atoms with Gasteiger partial charge >= 0.3 is 0 Å². The highest BCUT2D eigenvalue weighted by Gasteiger charge is 2.28. The maximum Gasteiger partial charge on any atom is 0.257 e. The Hall–Kier alpha value is -1.30. The largest absolute Gasteiger partial charge is 0.496 e. The van der Waals surface area contributed by atoms with Crippen molar-refractivity contribution < 1.29 is 14.3 Å². The smallest absolute Gasteiger partial charge is 0.257 e. The quantitative estimate of drug-likeness (QED) is 0.706. The number of hydrogen-bond donors (Lipinski definition) is 0. The molecule has 1 aliphatic heterocycles. The zero-order chi connectivity index (χ0) is 17.5. The molecule has 6 heteroatoms. The van der Waals surface area contributed by atoms with Gasteiger partial charge in [0.25, 0.3) is 5.91 Å². The number of likely N-dealkylation sites (tertiary alicyclic amines) is 1. The third-order valence-electron chi connectivity index (χ3n) is 4.53. The molecule has 0 unspecified atom stereocenters. The van der Waals surface area contributed by atoms with Gasteiger partial charge in [-0.25, -0.2) is 0 Å². The number of ether oxygens (including phenoxy) is 2. The minimum Gasteiger partial charge on any atom is -0.496 e. The summed E-state index contributed by atoms with van der Waals surface area (Å²) in [5.41, 5.74) is 0.568. The van der Waals surface area contributed by atoms with Crippen LogP contribution in [0.4, 0.5) is 0 Å². The summed E-state index contributed by atoms with van der Waals surface area (Å²) in [6, 6.07) is 5.43. The van der Waals surface area contributed by atoms with Crippen molar-refractivity contribution in [3.8, 4) is 5.75 Å². The molecule has 1 saturated heterocycles. The number of methoxy groups -OCH3 is 2. The standard InChI is InChI=1S/C18H27ClN2O3/c1-20-10-7-15(8-11-20)21(9-4-12-23-2)18(22)16-6-5-14(19)13-17(16)24-3/h5-6,13,15H,4,7-12H2,1-3H3. The van der Waals surface area contributed by atoms with E-state index in [0.29, 0.717) is 29.5 Å². The summed E-state index contributed by atoms with van der Waals surface area (Å²) in [7, 11) is 5.37. The Morgan fingerprint density at radius 1 is 1.33 bits per heavy atom. The number of benzene rings is 1. The molecule has 0 atom stereocenters. The highest BCUT2D eigenvalue weighted by molar-refractivity contribution is 6.30. The predicted octanol–water partition coefficient (Wildman–Crippen LogP) is 2.92. The number of carbonyl (C=O) groups excluding carboxylic acids is 1. The monoisotopic (exact) mass is 354 g/mol. The molecule has 1 amide bonds. The number of amides is 1. The van der Waals surface area contributed by atoms with E-state index in [1.165, 1.54) is 0 Å². The maximum atomic E-state index is 13.2. The van der Waals surface area contributed by atoms with E-state index in [2.05, 4.69) is 11.9 Å². The van der Waals surface area contributed by atoms with Crippen LogP contribution in [0, 0.1) is 0 Å². The SMILES string of the molecule is COCCCN(C(=O)c1ccc(Cl)cc1OC)C1CCN(C)CC1. The van der Waals surface area contributed by atoms with Crippen molar-refractivity contribution in [1.29, 1.82) is 0 Å². The molecular formula is C18H27ClN2O3. The summed E-state index contributed by atoms with van der Waals surface area (Å²) in [5, 5.41) is 0.564.